The SMILES string of the molecule is COc1ccccc1OCCNC(=O)c1ccc(CN(c2ccc(C)cc2)S(C)(=O)=O)cc1. The summed E-state index contributed by atoms with van der Waals surface area (Å²) < 4.78 is 36.9. The van der Waals surface area contributed by atoms with Crippen molar-refractivity contribution in [1.82, 2.24) is 5.32 Å². The summed E-state index contributed by atoms with van der Waals surface area (Å²) in [6.45, 7) is 2.75. The van der Waals surface area contributed by atoms with E-state index in [1.165, 1.54) is 10.6 Å². The molecule has 3 rings (SSSR count). The van der Waals surface area contributed by atoms with Crippen molar-refractivity contribution in [3.63, 3.8) is 0 Å². The Morgan fingerprint density at radius 1 is 0.939 bits per heavy atom. The maximum atomic E-state index is 12.4. The second kappa shape index (κ2) is 10.9. The van der Waals surface area contributed by atoms with Crippen LogP contribution in [0.3, 0.4) is 0 Å². The molecule has 0 atom stereocenters. The number of nitrogens with zero attached hydrogens (tertiary/aromatic N) is 1. The minimum absolute atomic E-state index is 0.177. The van der Waals surface area contributed by atoms with Crippen molar-refractivity contribution >= 4 is 21.6 Å². The van der Waals surface area contributed by atoms with Gasteiger partial charge in [-0.05, 0) is 48.9 Å². The van der Waals surface area contributed by atoms with Gasteiger partial charge < -0.3 is 14.8 Å². The standard InChI is InChI=1S/C25H28N2O5S/c1-19-8-14-22(15-9-19)27(33(3,29)30)18-20-10-12-21(13-11-20)25(28)26-16-17-32-24-7-5-4-6-23(24)31-2/h4-15H,16-18H2,1-3H3,(H,26,28). The van der Waals surface area contributed by atoms with Gasteiger partial charge in [-0.2, -0.15) is 0 Å². The second-order valence-electron chi connectivity index (χ2n) is 7.56. The van der Waals surface area contributed by atoms with E-state index in [1.54, 1.807) is 55.6 Å². The van der Waals surface area contributed by atoms with Gasteiger partial charge in [0.15, 0.2) is 11.5 Å². The van der Waals surface area contributed by atoms with Crippen molar-refractivity contribution in [2.45, 2.75) is 13.5 Å². The van der Waals surface area contributed by atoms with E-state index in [0.717, 1.165) is 11.1 Å². The van der Waals surface area contributed by atoms with Gasteiger partial charge in [0.25, 0.3) is 5.91 Å². The van der Waals surface area contributed by atoms with Crippen LogP contribution in [0, 0.1) is 6.92 Å². The number of amides is 1. The summed E-state index contributed by atoms with van der Waals surface area (Å²) in [5, 5.41) is 2.81. The van der Waals surface area contributed by atoms with Crippen LogP contribution >= 0.6 is 0 Å². The van der Waals surface area contributed by atoms with Gasteiger partial charge >= 0.3 is 0 Å². The average molecular weight is 469 g/mol. The van der Waals surface area contributed by atoms with Crippen molar-refractivity contribution in [2.75, 3.05) is 30.8 Å². The molecule has 3 aromatic rings. The summed E-state index contributed by atoms with van der Waals surface area (Å²) in [6.07, 6.45) is 1.18. The molecule has 8 heteroatoms. The minimum atomic E-state index is -3.47. The summed E-state index contributed by atoms with van der Waals surface area (Å²) in [4.78, 5) is 12.4. The van der Waals surface area contributed by atoms with Crippen LogP contribution < -0.4 is 19.1 Å². The van der Waals surface area contributed by atoms with Crippen LogP contribution in [-0.2, 0) is 16.6 Å². The zero-order chi connectivity index (χ0) is 23.8. The molecule has 3 aromatic carbocycles. The molecule has 0 aromatic heterocycles. The number of methoxy groups -OCH3 is 1. The molecular weight excluding hydrogens is 440 g/mol. The van der Waals surface area contributed by atoms with Crippen molar-refractivity contribution in [1.29, 1.82) is 0 Å². The van der Waals surface area contributed by atoms with Gasteiger partial charge in [0, 0.05) is 5.56 Å². The predicted molar refractivity (Wildman–Crippen MR) is 129 cm³/mol. The lowest BCUT2D eigenvalue weighted by Gasteiger charge is -2.22. The fourth-order valence-corrected chi connectivity index (χ4v) is 4.09. The molecule has 1 amide bonds. The van der Waals surface area contributed by atoms with Crippen molar-refractivity contribution in [3.8, 4) is 11.5 Å². The third kappa shape index (κ3) is 6.73. The van der Waals surface area contributed by atoms with E-state index in [-0.39, 0.29) is 12.5 Å². The lowest BCUT2D eigenvalue weighted by atomic mass is 10.1. The van der Waals surface area contributed by atoms with Crippen LogP contribution in [0.2, 0.25) is 0 Å². The number of sulfonamides is 1. The van der Waals surface area contributed by atoms with Crippen LogP contribution in [0.15, 0.2) is 72.8 Å². The molecule has 0 saturated heterocycles. The number of aryl methyl sites for hydroxylation is 1. The number of hydrogen-bond donors (Lipinski definition) is 1. The number of nitrogens with one attached hydrogen (secondary N) is 1. The van der Waals surface area contributed by atoms with Crippen LogP contribution in [-0.4, -0.2) is 40.8 Å². The third-order valence-corrected chi connectivity index (χ3v) is 6.12. The Morgan fingerprint density at radius 2 is 1.58 bits per heavy atom. The lowest BCUT2D eigenvalue weighted by molar-refractivity contribution is 0.0947. The molecular formula is C25H28N2O5S. The summed E-state index contributed by atoms with van der Waals surface area (Å²) in [6, 6.07) is 21.5. The topological polar surface area (TPSA) is 84.9 Å². The number of ether oxygens (including phenoxy) is 2. The molecule has 7 nitrogen and oxygen atoms in total. The van der Waals surface area contributed by atoms with Crippen molar-refractivity contribution in [3.05, 3.63) is 89.5 Å². The Morgan fingerprint density at radius 3 is 2.18 bits per heavy atom. The first-order chi connectivity index (χ1) is 15.8. The number of para-hydroxylation sites is 2. The lowest BCUT2D eigenvalue weighted by Crippen LogP contribution is -2.29. The monoisotopic (exact) mass is 468 g/mol. The van der Waals surface area contributed by atoms with Gasteiger partial charge in [-0.1, -0.05) is 42.0 Å². The van der Waals surface area contributed by atoms with E-state index < -0.39 is 10.0 Å². The molecule has 33 heavy (non-hydrogen) atoms. The molecule has 0 spiro atoms. The maximum absolute atomic E-state index is 12.4. The Kier molecular flexibility index (Phi) is 7.95. The van der Waals surface area contributed by atoms with Gasteiger partial charge in [-0.25, -0.2) is 8.42 Å². The zero-order valence-electron chi connectivity index (χ0n) is 18.9. The highest BCUT2D eigenvalue weighted by atomic mass is 32.2. The molecule has 0 aliphatic carbocycles. The molecule has 0 saturated carbocycles. The van der Waals surface area contributed by atoms with Crippen LogP contribution in [0.4, 0.5) is 5.69 Å². The zero-order valence-corrected chi connectivity index (χ0v) is 19.8. The van der Waals surface area contributed by atoms with Gasteiger partial charge in [0.05, 0.1) is 32.1 Å². The Hall–Kier alpha value is -3.52. The van der Waals surface area contributed by atoms with E-state index in [9.17, 15) is 13.2 Å². The Bertz CT molecular complexity index is 1180. The first-order valence-corrected chi connectivity index (χ1v) is 12.3. The fraction of sp³-hybridized carbons (Fsp3) is 0.240. The van der Waals surface area contributed by atoms with E-state index in [2.05, 4.69) is 5.32 Å². The van der Waals surface area contributed by atoms with Gasteiger partial charge in [-0.3, -0.25) is 9.10 Å². The van der Waals surface area contributed by atoms with E-state index in [1.807, 2.05) is 31.2 Å². The van der Waals surface area contributed by atoms with E-state index >= 15 is 0 Å². The molecule has 0 aliphatic rings. The molecule has 0 unspecified atom stereocenters. The normalized spacial score (nSPS) is 11.0. The number of hydrogen-bond acceptors (Lipinski definition) is 5. The number of benzene rings is 3. The van der Waals surface area contributed by atoms with Gasteiger partial charge in [0.1, 0.15) is 6.61 Å². The number of carbonyl (C=O) groups excluding carboxylic acids is 1. The Balaban J connectivity index is 1.57. The quantitative estimate of drug-likeness (QED) is 0.458. The summed E-state index contributed by atoms with van der Waals surface area (Å²) in [5.74, 6) is 1.01. The molecule has 0 radical (unpaired) electrons. The number of carbonyl (C=O) groups is 1. The largest absolute Gasteiger partial charge is 0.493 e. The Labute approximate surface area is 195 Å². The van der Waals surface area contributed by atoms with Crippen LogP contribution in [0.5, 0.6) is 11.5 Å². The molecule has 0 bridgehead atoms. The molecule has 174 valence electrons. The summed E-state index contributed by atoms with van der Waals surface area (Å²) in [5.41, 5.74) is 2.91. The average Bonchev–Trinajstić information content (AvgIpc) is 2.81. The number of anilines is 1. The van der Waals surface area contributed by atoms with Crippen LogP contribution in [0.1, 0.15) is 21.5 Å². The maximum Gasteiger partial charge on any atom is 0.251 e. The first-order valence-electron chi connectivity index (χ1n) is 10.5. The molecule has 0 aliphatic heterocycles. The highest BCUT2D eigenvalue weighted by Gasteiger charge is 2.18. The second-order valence-corrected chi connectivity index (χ2v) is 9.46. The highest BCUT2D eigenvalue weighted by molar-refractivity contribution is 7.92. The third-order valence-electron chi connectivity index (χ3n) is 4.98. The highest BCUT2D eigenvalue weighted by Crippen LogP contribution is 2.25. The van der Waals surface area contributed by atoms with Crippen molar-refractivity contribution < 1.29 is 22.7 Å². The molecule has 1 N–H and O–H groups in total. The number of rotatable bonds is 10. The molecule has 0 heterocycles. The minimum Gasteiger partial charge on any atom is -0.493 e. The first kappa shape index (κ1) is 24.1. The van der Waals surface area contributed by atoms with E-state index in [0.29, 0.717) is 35.9 Å². The van der Waals surface area contributed by atoms with Crippen molar-refractivity contribution in [2.24, 2.45) is 0 Å². The molecule has 0 fully saturated rings. The summed E-state index contributed by atoms with van der Waals surface area (Å²) in [7, 11) is -1.89. The smallest absolute Gasteiger partial charge is 0.251 e. The summed E-state index contributed by atoms with van der Waals surface area (Å²) >= 11 is 0. The van der Waals surface area contributed by atoms with Crippen LogP contribution in [0.25, 0.3) is 0 Å². The van der Waals surface area contributed by atoms with Gasteiger partial charge in [0.2, 0.25) is 10.0 Å². The van der Waals surface area contributed by atoms with E-state index in [4.69, 9.17) is 9.47 Å². The van der Waals surface area contributed by atoms with Gasteiger partial charge in [-0.15, -0.1) is 0 Å². The predicted octanol–water partition coefficient (Wildman–Crippen LogP) is 3.78. The fourth-order valence-electron chi connectivity index (χ4n) is 3.20.